The molecule has 0 aliphatic carbocycles. The van der Waals surface area contributed by atoms with Crippen LogP contribution in [-0.4, -0.2) is 6.61 Å². The third kappa shape index (κ3) is 4.07. The van der Waals surface area contributed by atoms with Crippen molar-refractivity contribution in [1.82, 2.24) is 0 Å². The topological polar surface area (TPSA) is 9.23 Å². The van der Waals surface area contributed by atoms with Crippen molar-refractivity contribution in [2.45, 2.75) is 20.0 Å². The molecule has 1 aromatic rings. The fourth-order valence-corrected chi connectivity index (χ4v) is 2.24. The summed E-state index contributed by atoms with van der Waals surface area (Å²) in [6.45, 7) is 7.30. The number of hydrogen-bond donors (Lipinski definition) is 0. The second-order valence-electron chi connectivity index (χ2n) is 2.95. The SMILES string of the molecule is C=C(C)CCOCc1sccc1Br. The molecular formula is C10H13BrOS. The summed E-state index contributed by atoms with van der Waals surface area (Å²) in [4.78, 5) is 1.25. The van der Waals surface area contributed by atoms with Gasteiger partial charge in [0.05, 0.1) is 13.2 Å². The molecule has 1 rings (SSSR count). The van der Waals surface area contributed by atoms with Crippen LogP contribution in [0.2, 0.25) is 0 Å². The van der Waals surface area contributed by atoms with Gasteiger partial charge in [-0.05, 0) is 40.7 Å². The van der Waals surface area contributed by atoms with Crippen LogP contribution in [0.3, 0.4) is 0 Å². The van der Waals surface area contributed by atoms with Gasteiger partial charge in [-0.1, -0.05) is 5.57 Å². The van der Waals surface area contributed by atoms with Gasteiger partial charge in [-0.15, -0.1) is 17.9 Å². The number of thiophene rings is 1. The lowest BCUT2D eigenvalue weighted by molar-refractivity contribution is 0.125. The molecule has 1 aromatic heterocycles. The van der Waals surface area contributed by atoms with Crippen LogP contribution in [0.15, 0.2) is 28.1 Å². The molecule has 72 valence electrons. The number of ether oxygens (including phenoxy) is 1. The highest BCUT2D eigenvalue weighted by Gasteiger charge is 2.00. The molecule has 0 spiro atoms. The summed E-state index contributed by atoms with van der Waals surface area (Å²) in [5.41, 5.74) is 1.17. The van der Waals surface area contributed by atoms with Gasteiger partial charge in [-0.2, -0.15) is 0 Å². The molecule has 0 aliphatic rings. The maximum atomic E-state index is 5.49. The molecule has 0 N–H and O–H groups in total. The second kappa shape index (κ2) is 5.58. The molecule has 0 aliphatic heterocycles. The number of rotatable bonds is 5. The maximum Gasteiger partial charge on any atom is 0.0820 e. The largest absolute Gasteiger partial charge is 0.376 e. The van der Waals surface area contributed by atoms with E-state index in [1.54, 1.807) is 11.3 Å². The molecule has 0 radical (unpaired) electrons. The Kier molecular flexibility index (Phi) is 4.70. The molecule has 0 amide bonds. The zero-order chi connectivity index (χ0) is 9.68. The van der Waals surface area contributed by atoms with E-state index in [0.29, 0.717) is 6.61 Å². The van der Waals surface area contributed by atoms with Gasteiger partial charge in [0.2, 0.25) is 0 Å². The summed E-state index contributed by atoms with van der Waals surface area (Å²) in [7, 11) is 0. The van der Waals surface area contributed by atoms with E-state index in [-0.39, 0.29) is 0 Å². The summed E-state index contributed by atoms with van der Waals surface area (Å²) in [5, 5.41) is 2.06. The van der Waals surface area contributed by atoms with Crippen molar-refractivity contribution in [3.63, 3.8) is 0 Å². The lowest BCUT2D eigenvalue weighted by atomic mass is 10.3. The highest BCUT2D eigenvalue weighted by molar-refractivity contribution is 9.10. The Morgan fingerprint density at radius 2 is 2.46 bits per heavy atom. The minimum absolute atomic E-state index is 0.700. The van der Waals surface area contributed by atoms with Crippen molar-refractivity contribution in [3.8, 4) is 0 Å². The average Bonchev–Trinajstić information content (AvgIpc) is 2.45. The normalized spacial score (nSPS) is 10.3. The van der Waals surface area contributed by atoms with E-state index < -0.39 is 0 Å². The van der Waals surface area contributed by atoms with Gasteiger partial charge in [0, 0.05) is 9.35 Å². The van der Waals surface area contributed by atoms with E-state index in [2.05, 4.69) is 27.9 Å². The van der Waals surface area contributed by atoms with Crippen molar-refractivity contribution in [2.24, 2.45) is 0 Å². The Morgan fingerprint density at radius 3 is 3.00 bits per heavy atom. The Morgan fingerprint density at radius 1 is 1.69 bits per heavy atom. The van der Waals surface area contributed by atoms with E-state index in [9.17, 15) is 0 Å². The standard InChI is InChI=1S/C10H13BrOS/c1-8(2)3-5-12-7-10-9(11)4-6-13-10/h4,6H,1,3,5,7H2,2H3. The van der Waals surface area contributed by atoms with Crippen molar-refractivity contribution in [3.05, 3.63) is 32.9 Å². The molecule has 0 aromatic carbocycles. The predicted molar refractivity (Wildman–Crippen MR) is 61.1 cm³/mol. The smallest absolute Gasteiger partial charge is 0.0820 e. The third-order valence-corrected chi connectivity index (χ3v) is 3.50. The highest BCUT2D eigenvalue weighted by Crippen LogP contribution is 2.23. The van der Waals surface area contributed by atoms with E-state index >= 15 is 0 Å². The van der Waals surface area contributed by atoms with Crippen LogP contribution in [0.1, 0.15) is 18.2 Å². The van der Waals surface area contributed by atoms with Gasteiger partial charge in [0.1, 0.15) is 0 Å². The van der Waals surface area contributed by atoms with Crippen LogP contribution in [0.4, 0.5) is 0 Å². The number of hydrogen-bond acceptors (Lipinski definition) is 2. The first kappa shape index (κ1) is 11.0. The lowest BCUT2D eigenvalue weighted by Gasteiger charge is -2.02. The number of halogens is 1. The molecular weight excluding hydrogens is 248 g/mol. The van der Waals surface area contributed by atoms with Gasteiger partial charge >= 0.3 is 0 Å². The Hall–Kier alpha value is -0.120. The van der Waals surface area contributed by atoms with Crippen LogP contribution in [0.5, 0.6) is 0 Å². The highest BCUT2D eigenvalue weighted by atomic mass is 79.9. The van der Waals surface area contributed by atoms with Crippen molar-refractivity contribution < 1.29 is 4.74 Å². The Labute approximate surface area is 91.6 Å². The maximum absolute atomic E-state index is 5.49. The van der Waals surface area contributed by atoms with Crippen LogP contribution >= 0.6 is 27.3 Å². The van der Waals surface area contributed by atoms with E-state index in [0.717, 1.165) is 17.5 Å². The fourth-order valence-electron chi connectivity index (χ4n) is 0.839. The Balaban J connectivity index is 2.20. The molecule has 0 unspecified atom stereocenters. The van der Waals surface area contributed by atoms with Gasteiger partial charge in [0.25, 0.3) is 0 Å². The van der Waals surface area contributed by atoms with Crippen molar-refractivity contribution >= 4 is 27.3 Å². The van der Waals surface area contributed by atoms with E-state index in [1.807, 2.05) is 13.0 Å². The first-order chi connectivity index (χ1) is 6.20. The molecule has 1 nitrogen and oxygen atoms in total. The van der Waals surface area contributed by atoms with Gasteiger partial charge in [-0.3, -0.25) is 0 Å². The quantitative estimate of drug-likeness (QED) is 0.575. The molecule has 0 saturated heterocycles. The summed E-state index contributed by atoms with van der Waals surface area (Å²) < 4.78 is 6.64. The monoisotopic (exact) mass is 260 g/mol. The van der Waals surface area contributed by atoms with Crippen LogP contribution in [0.25, 0.3) is 0 Å². The van der Waals surface area contributed by atoms with E-state index in [1.165, 1.54) is 10.5 Å². The fraction of sp³-hybridized carbons (Fsp3) is 0.400. The van der Waals surface area contributed by atoms with Gasteiger partial charge < -0.3 is 4.74 Å². The minimum atomic E-state index is 0.700. The molecule has 13 heavy (non-hydrogen) atoms. The summed E-state index contributed by atoms with van der Waals surface area (Å²) in [6.07, 6.45) is 0.947. The molecule has 3 heteroatoms. The van der Waals surface area contributed by atoms with Crippen LogP contribution < -0.4 is 0 Å². The average molecular weight is 261 g/mol. The summed E-state index contributed by atoms with van der Waals surface area (Å²) in [5.74, 6) is 0. The predicted octanol–water partition coefficient (Wildman–Crippen LogP) is 3.99. The van der Waals surface area contributed by atoms with Crippen molar-refractivity contribution in [2.75, 3.05) is 6.61 Å². The van der Waals surface area contributed by atoms with Crippen molar-refractivity contribution in [1.29, 1.82) is 0 Å². The Bertz CT molecular complexity index is 280. The molecule has 0 bridgehead atoms. The first-order valence-electron chi connectivity index (χ1n) is 4.14. The van der Waals surface area contributed by atoms with E-state index in [4.69, 9.17) is 4.74 Å². The molecule has 0 fully saturated rings. The zero-order valence-electron chi connectivity index (χ0n) is 7.68. The minimum Gasteiger partial charge on any atom is -0.376 e. The molecule has 1 heterocycles. The van der Waals surface area contributed by atoms with Gasteiger partial charge in [0.15, 0.2) is 0 Å². The lowest BCUT2D eigenvalue weighted by Crippen LogP contribution is -1.94. The molecule has 0 saturated carbocycles. The summed E-state index contributed by atoms with van der Waals surface area (Å²) in [6, 6.07) is 2.04. The van der Waals surface area contributed by atoms with Crippen LogP contribution in [-0.2, 0) is 11.3 Å². The van der Waals surface area contributed by atoms with Crippen LogP contribution in [0, 0.1) is 0 Å². The first-order valence-corrected chi connectivity index (χ1v) is 5.81. The second-order valence-corrected chi connectivity index (χ2v) is 4.81. The molecule has 0 atom stereocenters. The summed E-state index contributed by atoms with van der Waals surface area (Å²) >= 11 is 5.17. The zero-order valence-corrected chi connectivity index (χ0v) is 10.1. The van der Waals surface area contributed by atoms with Gasteiger partial charge in [-0.25, -0.2) is 0 Å². The third-order valence-electron chi connectivity index (χ3n) is 1.60.